The van der Waals surface area contributed by atoms with Crippen LogP contribution in [0.3, 0.4) is 0 Å². The van der Waals surface area contributed by atoms with Gasteiger partial charge < -0.3 is 0 Å². The van der Waals surface area contributed by atoms with E-state index in [-0.39, 0.29) is 0 Å². The molecular weight excluding hydrogens is 179 g/mol. The fourth-order valence-corrected chi connectivity index (χ4v) is 2.27. The third-order valence-electron chi connectivity index (χ3n) is 2.26. The molecule has 0 bridgehead atoms. The van der Waals surface area contributed by atoms with E-state index < -0.39 is 0 Å². The minimum atomic E-state index is 0.625. The summed E-state index contributed by atoms with van der Waals surface area (Å²) < 4.78 is 0. The molecular formula is C10H13N2P. The Balaban J connectivity index is 2.65. The molecule has 3 heteroatoms. The van der Waals surface area contributed by atoms with Gasteiger partial charge in [0.1, 0.15) is 6.67 Å². The Labute approximate surface area is 79.6 Å². The van der Waals surface area contributed by atoms with Crippen molar-refractivity contribution in [1.29, 1.82) is 0 Å². The second kappa shape index (κ2) is 3.55. The van der Waals surface area contributed by atoms with Gasteiger partial charge in [-0.1, -0.05) is 12.1 Å². The molecule has 1 unspecified atom stereocenters. The molecule has 1 heterocycles. The van der Waals surface area contributed by atoms with Crippen molar-refractivity contribution >= 4 is 8.58 Å². The Morgan fingerprint density at radius 3 is 2.85 bits per heavy atom. The molecule has 13 heavy (non-hydrogen) atoms. The summed E-state index contributed by atoms with van der Waals surface area (Å²) in [7, 11) is 0.954. The minimum Gasteiger partial charge on any atom is -0.259 e. The van der Waals surface area contributed by atoms with Crippen molar-refractivity contribution in [3.63, 3.8) is 0 Å². The van der Waals surface area contributed by atoms with Gasteiger partial charge in [-0.2, -0.15) is 0 Å². The van der Waals surface area contributed by atoms with Crippen molar-refractivity contribution in [2.75, 3.05) is 13.3 Å². The smallest absolute Gasteiger partial charge is 0.130 e. The molecule has 0 saturated heterocycles. The highest BCUT2D eigenvalue weighted by molar-refractivity contribution is 7.36. The average molecular weight is 192 g/mol. The maximum atomic E-state index is 4.42. The van der Waals surface area contributed by atoms with Gasteiger partial charge in [0.15, 0.2) is 0 Å². The van der Waals surface area contributed by atoms with E-state index in [9.17, 15) is 0 Å². The monoisotopic (exact) mass is 192 g/mol. The summed E-state index contributed by atoms with van der Waals surface area (Å²) in [4.78, 5) is 8.79. The van der Waals surface area contributed by atoms with Gasteiger partial charge in [0.05, 0.1) is 10.7 Å². The highest BCUT2D eigenvalue weighted by Crippen LogP contribution is 2.10. The molecule has 1 aliphatic heterocycles. The number of hydrogen-bond acceptors (Lipinski definition) is 2. The molecule has 0 spiro atoms. The maximum Gasteiger partial charge on any atom is 0.130 e. The van der Waals surface area contributed by atoms with Crippen LogP contribution in [0, 0.1) is 6.92 Å². The van der Waals surface area contributed by atoms with Crippen LogP contribution in [0.2, 0.25) is 0 Å². The van der Waals surface area contributed by atoms with E-state index in [0.717, 1.165) is 25.5 Å². The first-order chi connectivity index (χ1) is 6.33. The fourth-order valence-electron chi connectivity index (χ4n) is 1.61. The molecule has 1 aliphatic rings. The molecule has 0 fully saturated rings. The Morgan fingerprint density at radius 1 is 1.31 bits per heavy atom. The van der Waals surface area contributed by atoms with E-state index in [1.807, 2.05) is 0 Å². The van der Waals surface area contributed by atoms with Gasteiger partial charge >= 0.3 is 0 Å². The average Bonchev–Trinajstić information content (AvgIpc) is 2.59. The molecule has 0 aromatic heterocycles. The van der Waals surface area contributed by atoms with Crippen LogP contribution in [0.25, 0.3) is 0 Å². The highest BCUT2D eigenvalue weighted by Gasteiger charge is 2.04. The fraction of sp³-hybridized carbons (Fsp3) is 0.400. The Kier molecular flexibility index (Phi) is 2.41. The van der Waals surface area contributed by atoms with Crippen LogP contribution < -0.4 is 10.7 Å². The lowest BCUT2D eigenvalue weighted by Gasteiger charge is -1.99. The number of nitrogens with zero attached hydrogens (tertiary/aromatic N) is 2. The third kappa shape index (κ3) is 1.51. The second-order valence-electron chi connectivity index (χ2n) is 3.23. The first kappa shape index (κ1) is 8.83. The van der Waals surface area contributed by atoms with E-state index >= 15 is 0 Å². The van der Waals surface area contributed by atoms with Crippen LogP contribution in [-0.4, -0.2) is 13.3 Å². The standard InChI is InChI=1S/C10H13N2P/c1-7-3-4-8(5-13-2)10-9(7)11-6-12-10/h3-4,13H,5-6H2,1-2H3. The van der Waals surface area contributed by atoms with Crippen molar-refractivity contribution in [3.8, 4) is 0 Å². The molecule has 1 aromatic carbocycles. The lowest BCUT2D eigenvalue weighted by molar-refractivity contribution is 1.05. The molecule has 0 amide bonds. The summed E-state index contributed by atoms with van der Waals surface area (Å²) in [5, 5.41) is 2.27. The summed E-state index contributed by atoms with van der Waals surface area (Å²) in [5.41, 5.74) is 2.61. The van der Waals surface area contributed by atoms with Crippen molar-refractivity contribution in [2.24, 2.45) is 9.98 Å². The molecule has 0 aliphatic carbocycles. The van der Waals surface area contributed by atoms with Gasteiger partial charge in [0.2, 0.25) is 0 Å². The van der Waals surface area contributed by atoms with Gasteiger partial charge in [-0.05, 0) is 30.9 Å². The number of benzene rings is 1. The summed E-state index contributed by atoms with van der Waals surface area (Å²) in [5.74, 6) is 0. The van der Waals surface area contributed by atoms with Crippen LogP contribution in [0.5, 0.6) is 0 Å². The van der Waals surface area contributed by atoms with E-state index in [0.29, 0.717) is 6.67 Å². The molecule has 0 radical (unpaired) electrons. The first-order valence-corrected chi connectivity index (χ1v) is 6.15. The van der Waals surface area contributed by atoms with E-state index in [4.69, 9.17) is 0 Å². The van der Waals surface area contributed by atoms with Gasteiger partial charge in [-0.3, -0.25) is 9.98 Å². The van der Waals surface area contributed by atoms with Crippen LogP contribution in [0.1, 0.15) is 11.1 Å². The predicted octanol–water partition coefficient (Wildman–Crippen LogP) is 1.01. The molecule has 2 nitrogen and oxygen atoms in total. The zero-order valence-corrected chi connectivity index (χ0v) is 8.96. The molecule has 1 atom stereocenters. The molecule has 68 valence electrons. The van der Waals surface area contributed by atoms with E-state index in [2.05, 4.69) is 35.7 Å². The van der Waals surface area contributed by atoms with Crippen LogP contribution in [-0.2, 0) is 6.16 Å². The van der Waals surface area contributed by atoms with Gasteiger partial charge in [0, 0.05) is 0 Å². The third-order valence-corrected chi connectivity index (χ3v) is 3.00. The van der Waals surface area contributed by atoms with Crippen molar-refractivity contribution in [3.05, 3.63) is 34.0 Å². The predicted molar refractivity (Wildman–Crippen MR) is 56.3 cm³/mol. The Hall–Kier alpha value is -0.750. The highest BCUT2D eigenvalue weighted by atomic mass is 31.1. The lowest BCUT2D eigenvalue weighted by atomic mass is 10.1. The number of hydrogen-bond donors (Lipinski definition) is 0. The van der Waals surface area contributed by atoms with Gasteiger partial charge in [-0.15, -0.1) is 8.58 Å². The number of fused-ring (bicyclic) bond motifs is 1. The van der Waals surface area contributed by atoms with Crippen molar-refractivity contribution in [2.45, 2.75) is 13.1 Å². The van der Waals surface area contributed by atoms with E-state index in [1.165, 1.54) is 11.1 Å². The molecule has 2 rings (SSSR count). The largest absolute Gasteiger partial charge is 0.259 e. The second-order valence-corrected chi connectivity index (χ2v) is 4.29. The summed E-state index contributed by atoms with van der Waals surface area (Å²) in [6.45, 7) is 4.94. The van der Waals surface area contributed by atoms with Crippen LogP contribution in [0.15, 0.2) is 22.1 Å². The topological polar surface area (TPSA) is 24.7 Å². The zero-order valence-electron chi connectivity index (χ0n) is 7.96. The van der Waals surface area contributed by atoms with Crippen molar-refractivity contribution in [1.82, 2.24) is 0 Å². The summed E-state index contributed by atoms with van der Waals surface area (Å²) in [6, 6.07) is 4.34. The van der Waals surface area contributed by atoms with Crippen LogP contribution >= 0.6 is 8.58 Å². The number of aryl methyl sites for hydroxylation is 1. The van der Waals surface area contributed by atoms with Crippen LogP contribution in [0.4, 0.5) is 0 Å². The van der Waals surface area contributed by atoms with Gasteiger partial charge in [0.25, 0.3) is 0 Å². The Morgan fingerprint density at radius 2 is 2.08 bits per heavy atom. The summed E-state index contributed by atoms with van der Waals surface area (Å²) in [6.07, 6.45) is 1.14. The normalized spacial score (nSPS) is 14.3. The van der Waals surface area contributed by atoms with Crippen molar-refractivity contribution < 1.29 is 0 Å². The van der Waals surface area contributed by atoms with E-state index in [1.54, 1.807) is 0 Å². The molecule has 0 saturated carbocycles. The zero-order chi connectivity index (χ0) is 9.26. The Bertz CT molecular complexity index is 437. The molecule has 1 aromatic rings. The maximum absolute atomic E-state index is 4.42. The first-order valence-electron chi connectivity index (χ1n) is 4.45. The van der Waals surface area contributed by atoms with Gasteiger partial charge in [-0.25, -0.2) is 0 Å². The SMILES string of the molecule is CPCc1ccc(C)c2c1=NCN=2. The number of rotatable bonds is 2. The lowest BCUT2D eigenvalue weighted by Crippen LogP contribution is -2.28. The quantitative estimate of drug-likeness (QED) is 0.625. The molecule has 0 N–H and O–H groups in total. The minimum absolute atomic E-state index is 0.625. The summed E-state index contributed by atoms with van der Waals surface area (Å²) >= 11 is 0.